The molecular formula is C22H39NO5Pb. The molecule has 2 radical (unpaired) electrons. The molecule has 0 spiro atoms. The van der Waals surface area contributed by atoms with E-state index in [1.807, 2.05) is 0 Å². The SMILES string of the molecule is CCCCCCCCCCCCCCCCCC(=O)N[C@@H]1CC(=O)[O][Pb][O]C1=O. The summed E-state index contributed by atoms with van der Waals surface area (Å²) in [6, 6.07) is -0.874. The normalized spacial score (nSPS) is 16.8. The van der Waals surface area contributed by atoms with Crippen molar-refractivity contribution in [1.82, 2.24) is 5.32 Å². The third-order valence-corrected chi connectivity index (χ3v) is 7.61. The van der Waals surface area contributed by atoms with Gasteiger partial charge in [0.05, 0.1) is 0 Å². The van der Waals surface area contributed by atoms with Gasteiger partial charge in [0.1, 0.15) is 0 Å². The van der Waals surface area contributed by atoms with Crippen molar-refractivity contribution in [3.63, 3.8) is 0 Å². The summed E-state index contributed by atoms with van der Waals surface area (Å²) in [6.07, 6.45) is 19.5. The average molecular weight is 605 g/mol. The molecule has 0 aromatic rings. The van der Waals surface area contributed by atoms with Crippen LogP contribution in [-0.2, 0) is 19.8 Å². The first-order valence-electron chi connectivity index (χ1n) is 11.6. The van der Waals surface area contributed by atoms with E-state index in [0.717, 1.165) is 19.3 Å². The Labute approximate surface area is 189 Å². The maximum absolute atomic E-state index is 12.0. The van der Waals surface area contributed by atoms with E-state index in [9.17, 15) is 14.4 Å². The molecular weight excluding hydrogens is 565 g/mol. The van der Waals surface area contributed by atoms with Crippen LogP contribution in [0.4, 0.5) is 0 Å². The molecule has 0 saturated carbocycles. The monoisotopic (exact) mass is 605 g/mol. The molecule has 0 aliphatic carbocycles. The van der Waals surface area contributed by atoms with Gasteiger partial charge in [-0.3, -0.25) is 0 Å². The fourth-order valence-corrected chi connectivity index (χ4v) is 5.22. The number of unbranched alkanes of at least 4 members (excludes halogenated alkanes) is 14. The van der Waals surface area contributed by atoms with Crippen LogP contribution in [0.2, 0.25) is 0 Å². The van der Waals surface area contributed by atoms with E-state index < -0.39 is 43.1 Å². The van der Waals surface area contributed by atoms with Gasteiger partial charge < -0.3 is 0 Å². The third-order valence-electron chi connectivity index (χ3n) is 5.30. The zero-order chi connectivity index (χ0) is 21.2. The van der Waals surface area contributed by atoms with Crippen molar-refractivity contribution in [2.75, 3.05) is 0 Å². The zero-order valence-electron chi connectivity index (χ0n) is 18.1. The fraction of sp³-hybridized carbons (Fsp3) is 0.864. The Hall–Kier alpha value is -0.668. The number of hydrogen-bond acceptors (Lipinski definition) is 5. The number of carbonyl (C=O) groups excluding carboxylic acids is 3. The number of rotatable bonds is 17. The van der Waals surface area contributed by atoms with Crippen LogP contribution >= 0.6 is 0 Å². The molecule has 1 rings (SSSR count). The van der Waals surface area contributed by atoms with Gasteiger partial charge >= 0.3 is 125 Å². The van der Waals surface area contributed by atoms with Gasteiger partial charge in [0.2, 0.25) is 0 Å². The van der Waals surface area contributed by atoms with Crippen molar-refractivity contribution in [3.8, 4) is 0 Å². The number of nitrogens with one attached hydrogen (secondary N) is 1. The molecule has 0 aromatic heterocycles. The van der Waals surface area contributed by atoms with Crippen LogP contribution in [0.15, 0.2) is 0 Å². The average Bonchev–Trinajstić information content (AvgIpc) is 2.85. The molecule has 29 heavy (non-hydrogen) atoms. The Bertz CT molecular complexity index is 472. The van der Waals surface area contributed by atoms with Crippen LogP contribution < -0.4 is 5.32 Å². The molecule has 1 fully saturated rings. The van der Waals surface area contributed by atoms with Crippen LogP contribution in [0, 0.1) is 0 Å². The van der Waals surface area contributed by atoms with E-state index >= 15 is 0 Å². The minimum absolute atomic E-state index is 0.115. The number of carbonyl (C=O) groups is 3. The second kappa shape index (κ2) is 18.1. The predicted octanol–water partition coefficient (Wildman–Crippen LogP) is 4.76. The molecule has 0 unspecified atom stereocenters. The molecule has 1 amide bonds. The van der Waals surface area contributed by atoms with Crippen LogP contribution in [0.25, 0.3) is 0 Å². The summed E-state index contributed by atoms with van der Waals surface area (Å²) in [6.45, 7) is 2.26. The van der Waals surface area contributed by atoms with Gasteiger partial charge in [-0.2, -0.15) is 0 Å². The van der Waals surface area contributed by atoms with Gasteiger partial charge in [0.15, 0.2) is 0 Å². The standard InChI is InChI=1S/C22H41NO5.Pb/c1-2-3-4-5-6-7-8-9-10-11-12-13-14-15-16-17-20(24)23-19(22(27)28)18-21(25)26;/h19H,2-18H2,1H3,(H,23,24)(H,25,26)(H,27,28);/q;+2/p-2/t19-;/m1./s1. The molecule has 0 aromatic carbocycles. The summed E-state index contributed by atoms with van der Waals surface area (Å²) < 4.78 is 9.75. The Morgan fingerprint density at radius 1 is 0.828 bits per heavy atom. The summed E-state index contributed by atoms with van der Waals surface area (Å²) in [5, 5.41) is 2.61. The molecule has 166 valence electrons. The van der Waals surface area contributed by atoms with Gasteiger partial charge in [-0.25, -0.2) is 0 Å². The van der Waals surface area contributed by atoms with Crippen LogP contribution in [-0.4, -0.2) is 49.0 Å². The summed E-state index contributed by atoms with van der Waals surface area (Å²) in [4.78, 5) is 35.0. The Morgan fingerprint density at radius 2 is 1.31 bits per heavy atom. The first kappa shape index (κ1) is 26.4. The quantitative estimate of drug-likeness (QED) is 0.191. The van der Waals surface area contributed by atoms with E-state index in [4.69, 9.17) is 5.37 Å². The summed E-state index contributed by atoms with van der Waals surface area (Å²) in [7, 11) is 0. The van der Waals surface area contributed by atoms with E-state index in [0.29, 0.717) is 6.42 Å². The Morgan fingerprint density at radius 3 is 1.83 bits per heavy atom. The number of hydrogen-bond donors (Lipinski definition) is 1. The van der Waals surface area contributed by atoms with E-state index in [1.54, 1.807) is 0 Å². The number of amides is 1. The van der Waals surface area contributed by atoms with Gasteiger partial charge in [-0.15, -0.1) is 0 Å². The van der Waals surface area contributed by atoms with Crippen LogP contribution in [0.1, 0.15) is 116 Å². The van der Waals surface area contributed by atoms with E-state index in [-0.39, 0.29) is 12.3 Å². The maximum atomic E-state index is 12.0. The first-order valence-corrected chi connectivity index (χ1v) is 14.8. The van der Waals surface area contributed by atoms with Crippen molar-refractivity contribution < 1.29 is 19.8 Å². The summed E-state index contributed by atoms with van der Waals surface area (Å²) in [5.74, 6) is -1.16. The van der Waals surface area contributed by atoms with Crippen molar-refractivity contribution in [3.05, 3.63) is 0 Å². The second-order valence-electron chi connectivity index (χ2n) is 8.00. The van der Waals surface area contributed by atoms with E-state index in [2.05, 4.69) is 12.2 Å². The topological polar surface area (TPSA) is 81.7 Å². The van der Waals surface area contributed by atoms with Crippen molar-refractivity contribution in [2.45, 2.75) is 122 Å². The van der Waals surface area contributed by atoms with Crippen LogP contribution in [0.3, 0.4) is 0 Å². The molecule has 7 heteroatoms. The first-order chi connectivity index (χ1) is 14.1. The molecule has 0 bridgehead atoms. The van der Waals surface area contributed by atoms with Crippen LogP contribution in [0.5, 0.6) is 0 Å². The molecule has 1 heterocycles. The van der Waals surface area contributed by atoms with Crippen molar-refractivity contribution >= 4 is 43.0 Å². The summed E-state index contributed by atoms with van der Waals surface area (Å²) in [5.41, 5.74) is 0. The molecule has 1 aliphatic rings. The molecule has 1 aliphatic heterocycles. The van der Waals surface area contributed by atoms with Gasteiger partial charge in [-0.1, -0.05) is 64.7 Å². The van der Waals surface area contributed by atoms with E-state index in [1.165, 1.54) is 77.0 Å². The summed E-state index contributed by atoms with van der Waals surface area (Å²) >= 11 is -2.06. The van der Waals surface area contributed by atoms with Gasteiger partial charge in [0, 0.05) is 0 Å². The van der Waals surface area contributed by atoms with Gasteiger partial charge in [0.25, 0.3) is 0 Å². The zero-order valence-corrected chi connectivity index (χ0v) is 22.0. The minimum atomic E-state index is -2.06. The Kier molecular flexibility index (Phi) is 16.5. The molecule has 1 atom stereocenters. The molecule has 1 saturated heterocycles. The Balaban J connectivity index is 1.87. The second-order valence-corrected chi connectivity index (χ2v) is 10.2. The van der Waals surface area contributed by atoms with Gasteiger partial charge in [-0.05, 0) is 0 Å². The molecule has 1 N–H and O–H groups in total. The van der Waals surface area contributed by atoms with Crippen molar-refractivity contribution in [2.24, 2.45) is 0 Å². The molecule has 6 nitrogen and oxygen atoms in total. The fourth-order valence-electron chi connectivity index (χ4n) is 3.50. The predicted molar refractivity (Wildman–Crippen MR) is 114 cm³/mol. The third kappa shape index (κ3) is 14.9. The van der Waals surface area contributed by atoms with Crippen molar-refractivity contribution in [1.29, 1.82) is 0 Å².